The minimum atomic E-state index is -1.87. The van der Waals surface area contributed by atoms with E-state index in [1.54, 1.807) is 0 Å². The van der Waals surface area contributed by atoms with Crippen LogP contribution >= 0.6 is 0 Å². The summed E-state index contributed by atoms with van der Waals surface area (Å²) in [6, 6.07) is 0. The van der Waals surface area contributed by atoms with E-state index in [4.69, 9.17) is 37.9 Å². The van der Waals surface area contributed by atoms with E-state index in [1.165, 1.54) is 0 Å². The average Bonchev–Trinajstić information content (AvgIpc) is 3.68. The molecule has 0 spiro atoms. The number of fused-ring (bicyclic) bond motifs is 5. The summed E-state index contributed by atoms with van der Waals surface area (Å²) in [6.45, 7) is 14.2. The Morgan fingerprint density at radius 2 is 1.20 bits per heavy atom. The number of hydrogen-bond acceptors (Lipinski definition) is 23. The number of ether oxygens (including phenoxy) is 8. The van der Waals surface area contributed by atoms with Crippen molar-refractivity contribution in [3.8, 4) is 0 Å². The topological polar surface area (TPSA) is 377 Å². The van der Waals surface area contributed by atoms with Crippen LogP contribution in [0.3, 0.4) is 0 Å². The molecule has 4 heterocycles. The van der Waals surface area contributed by atoms with Gasteiger partial charge in [0, 0.05) is 5.41 Å². The molecule has 15 N–H and O–H groups in total. The van der Waals surface area contributed by atoms with E-state index in [0.717, 1.165) is 12.0 Å². The Hall–Kier alpha value is -1.18. The average molecular weight is 1100 g/mol. The van der Waals surface area contributed by atoms with Gasteiger partial charge in [-0.2, -0.15) is 0 Å². The fraction of sp³-hybridized carbons (Fsp3) is 0.962. The molecule has 23 nitrogen and oxygen atoms in total. The monoisotopic (exact) mass is 1090 g/mol. The Balaban J connectivity index is 1.03. The molecule has 4 aliphatic heterocycles. The Morgan fingerprint density at radius 1 is 0.618 bits per heavy atom. The fourth-order valence-electron chi connectivity index (χ4n) is 16.1. The van der Waals surface area contributed by atoms with Crippen molar-refractivity contribution in [2.75, 3.05) is 26.4 Å². The number of aliphatic hydroxyl groups excluding tert-OH is 15. The van der Waals surface area contributed by atoms with Gasteiger partial charge in [0.15, 0.2) is 25.2 Å². The standard InChI is InChI=1S/C53H90O23/c1-22(2)10-9-14-52(7,76-47-42(68)38(64)36(62)29(73-47)21-70-45-40(66)33(59)26(57)20-69-45)31-13-15-51(6)23-11-12-30-49(3,4)44(25(56)17-50(30,5)24(23)16-32(58)53(31,51)8)75-48-43(39(65)35(61)28(19-55)72-48)74-46-41(67)37(63)34(60)27(18-54)71-46/h10,23-48,54-68H,9,11-21H2,1-8H3. The molecule has 8 aliphatic rings. The highest BCUT2D eigenvalue weighted by molar-refractivity contribution is 5.21. The lowest BCUT2D eigenvalue weighted by Gasteiger charge is -2.69. The minimum absolute atomic E-state index is 0.0570. The van der Waals surface area contributed by atoms with Crippen molar-refractivity contribution in [2.24, 2.45) is 45.3 Å². The molecule has 4 aliphatic carbocycles. The zero-order valence-corrected chi connectivity index (χ0v) is 45.0. The van der Waals surface area contributed by atoms with Gasteiger partial charge in [0.25, 0.3) is 0 Å². The molecule has 30 atom stereocenters. The Morgan fingerprint density at radius 3 is 1.83 bits per heavy atom. The first kappa shape index (κ1) is 60.9. The predicted octanol–water partition coefficient (Wildman–Crippen LogP) is -2.59. The molecule has 0 aromatic heterocycles. The Labute approximate surface area is 444 Å². The predicted molar refractivity (Wildman–Crippen MR) is 262 cm³/mol. The first-order chi connectivity index (χ1) is 35.5. The van der Waals surface area contributed by atoms with E-state index < -0.39 is 182 Å². The van der Waals surface area contributed by atoms with Crippen molar-refractivity contribution < 1.29 is 114 Å². The lowest BCUT2D eigenvalue weighted by molar-refractivity contribution is -0.383. The third kappa shape index (κ3) is 10.4. The maximum atomic E-state index is 13.0. The van der Waals surface area contributed by atoms with E-state index in [0.29, 0.717) is 38.5 Å². The van der Waals surface area contributed by atoms with Gasteiger partial charge in [-0.25, -0.2) is 0 Å². The molecule has 0 amide bonds. The Bertz CT molecular complexity index is 1980. The van der Waals surface area contributed by atoms with E-state index in [1.807, 2.05) is 34.6 Å². The molecule has 440 valence electrons. The summed E-state index contributed by atoms with van der Waals surface area (Å²) in [5.74, 6) is -0.481. The molecular formula is C53H90O23. The van der Waals surface area contributed by atoms with Crippen LogP contribution in [0, 0.1) is 45.3 Å². The summed E-state index contributed by atoms with van der Waals surface area (Å²) in [5, 5.41) is 164. The third-order valence-corrected chi connectivity index (χ3v) is 20.5. The van der Waals surface area contributed by atoms with E-state index in [-0.39, 0.29) is 36.7 Å². The van der Waals surface area contributed by atoms with E-state index in [9.17, 15) is 76.6 Å². The molecule has 8 fully saturated rings. The van der Waals surface area contributed by atoms with Crippen LogP contribution < -0.4 is 0 Å². The summed E-state index contributed by atoms with van der Waals surface area (Å²) in [5.41, 5.74) is -2.70. The zero-order valence-electron chi connectivity index (χ0n) is 45.0. The number of allylic oxidation sites excluding steroid dienone is 2. The summed E-state index contributed by atoms with van der Waals surface area (Å²) < 4.78 is 48.5. The van der Waals surface area contributed by atoms with Crippen molar-refractivity contribution in [3.05, 3.63) is 11.6 Å². The second kappa shape index (κ2) is 22.9. The van der Waals surface area contributed by atoms with Gasteiger partial charge in [-0.1, -0.05) is 46.3 Å². The van der Waals surface area contributed by atoms with Gasteiger partial charge in [-0.3, -0.25) is 0 Å². The molecule has 30 unspecified atom stereocenters. The molecule has 76 heavy (non-hydrogen) atoms. The summed E-state index contributed by atoms with van der Waals surface area (Å²) >= 11 is 0. The molecule has 4 saturated carbocycles. The Kier molecular flexibility index (Phi) is 18.3. The van der Waals surface area contributed by atoms with Crippen molar-refractivity contribution in [1.82, 2.24) is 0 Å². The molecule has 0 aromatic carbocycles. The van der Waals surface area contributed by atoms with Gasteiger partial charge >= 0.3 is 0 Å². The van der Waals surface area contributed by atoms with Gasteiger partial charge in [0.2, 0.25) is 0 Å². The lowest BCUT2D eigenvalue weighted by Crippen LogP contribution is -2.69. The quantitative estimate of drug-likeness (QED) is 0.0591. The highest BCUT2D eigenvalue weighted by Crippen LogP contribution is 2.75. The summed E-state index contributed by atoms with van der Waals surface area (Å²) in [4.78, 5) is 0. The minimum Gasteiger partial charge on any atom is -0.394 e. The second-order valence-electron chi connectivity index (χ2n) is 25.4. The van der Waals surface area contributed by atoms with Crippen LogP contribution in [0.5, 0.6) is 0 Å². The number of rotatable bonds is 15. The van der Waals surface area contributed by atoms with E-state index in [2.05, 4.69) is 26.8 Å². The molecule has 8 rings (SSSR count). The maximum Gasteiger partial charge on any atom is 0.187 e. The second-order valence-corrected chi connectivity index (χ2v) is 25.4. The molecule has 23 heteroatoms. The third-order valence-electron chi connectivity index (χ3n) is 20.5. The summed E-state index contributed by atoms with van der Waals surface area (Å²) in [7, 11) is 0. The highest BCUT2D eigenvalue weighted by atomic mass is 16.8. The normalized spacial score (nSPS) is 53.2. The first-order valence-corrected chi connectivity index (χ1v) is 27.4. The molecule has 0 radical (unpaired) electrons. The van der Waals surface area contributed by atoms with Crippen LogP contribution in [-0.4, -0.2) is 244 Å². The fourth-order valence-corrected chi connectivity index (χ4v) is 16.1. The smallest absolute Gasteiger partial charge is 0.187 e. The molecule has 0 aromatic rings. The molecule has 4 saturated heterocycles. The van der Waals surface area contributed by atoms with Gasteiger partial charge < -0.3 is 114 Å². The van der Waals surface area contributed by atoms with Gasteiger partial charge in [0.1, 0.15) is 91.6 Å². The van der Waals surface area contributed by atoms with Crippen LogP contribution in [0.2, 0.25) is 0 Å². The highest BCUT2D eigenvalue weighted by Gasteiger charge is 2.73. The van der Waals surface area contributed by atoms with Crippen LogP contribution in [-0.2, 0) is 37.9 Å². The number of hydrogen-bond donors (Lipinski definition) is 15. The number of aliphatic hydroxyl groups is 15. The van der Waals surface area contributed by atoms with Gasteiger partial charge in [-0.05, 0) is 112 Å². The van der Waals surface area contributed by atoms with Gasteiger partial charge in [-0.15, -0.1) is 0 Å². The van der Waals surface area contributed by atoms with Crippen molar-refractivity contribution in [2.45, 2.75) is 247 Å². The molecule has 0 bridgehead atoms. The van der Waals surface area contributed by atoms with Crippen LogP contribution in [0.15, 0.2) is 11.6 Å². The lowest BCUT2D eigenvalue weighted by atomic mass is 9.37. The van der Waals surface area contributed by atoms with Crippen LogP contribution in [0.4, 0.5) is 0 Å². The maximum absolute atomic E-state index is 13.0. The van der Waals surface area contributed by atoms with Crippen molar-refractivity contribution in [1.29, 1.82) is 0 Å². The first-order valence-electron chi connectivity index (χ1n) is 27.4. The largest absolute Gasteiger partial charge is 0.394 e. The van der Waals surface area contributed by atoms with Gasteiger partial charge in [0.05, 0.1) is 50.3 Å². The van der Waals surface area contributed by atoms with E-state index >= 15 is 0 Å². The van der Waals surface area contributed by atoms with Crippen LogP contribution in [0.25, 0.3) is 0 Å². The van der Waals surface area contributed by atoms with Crippen molar-refractivity contribution in [3.63, 3.8) is 0 Å². The summed E-state index contributed by atoms with van der Waals surface area (Å²) in [6.07, 6.45) is -26.8. The molecular weight excluding hydrogens is 1000 g/mol. The SMILES string of the molecule is CC(C)=CCCC(C)(OC1OC(COC2OCC(O)C(O)C2O)C(O)C(O)C1O)C1CCC2(C)C3CCC4C(C)(C)C(OC5OC(CO)C(O)C(O)C5OC5OC(CO)C(O)C(O)C5O)C(O)CC4(C)C3CC(O)C12C. The van der Waals surface area contributed by atoms with Crippen molar-refractivity contribution >= 4 is 0 Å². The zero-order chi connectivity index (χ0) is 55.9. The van der Waals surface area contributed by atoms with Crippen LogP contribution in [0.1, 0.15) is 107 Å².